The van der Waals surface area contributed by atoms with Crippen LogP contribution in [0.5, 0.6) is 5.75 Å². The number of nitrogens with one attached hydrogen (secondary N) is 1. The first-order valence-corrected chi connectivity index (χ1v) is 12.9. The second kappa shape index (κ2) is 11.1. The molecule has 0 bridgehead atoms. The van der Waals surface area contributed by atoms with Gasteiger partial charge in [-0.05, 0) is 25.5 Å². The second-order valence-electron chi connectivity index (χ2n) is 9.64. The Morgan fingerprint density at radius 3 is 2.73 bits per heavy atom. The maximum atomic E-state index is 14.0. The van der Waals surface area contributed by atoms with Crippen LogP contribution in [0.25, 0.3) is 0 Å². The molecule has 2 aliphatic heterocycles. The van der Waals surface area contributed by atoms with Crippen LogP contribution in [0.15, 0.2) is 52.2 Å². The first-order chi connectivity index (χ1) is 19.2. The van der Waals surface area contributed by atoms with E-state index >= 15 is 0 Å². The van der Waals surface area contributed by atoms with Gasteiger partial charge in [0.25, 0.3) is 5.56 Å². The minimum absolute atomic E-state index is 0.0114. The zero-order chi connectivity index (χ0) is 28.6. The van der Waals surface area contributed by atoms with E-state index in [1.165, 1.54) is 0 Å². The Balaban J connectivity index is 1.35. The van der Waals surface area contributed by atoms with Crippen LogP contribution in [0, 0.1) is 24.5 Å². The van der Waals surface area contributed by atoms with Gasteiger partial charge in [0.15, 0.2) is 5.82 Å². The number of aliphatic imine (C=N–C) groups is 1. The minimum atomic E-state index is -0.857. The van der Waals surface area contributed by atoms with Crippen molar-refractivity contribution >= 4 is 29.2 Å². The van der Waals surface area contributed by atoms with Crippen molar-refractivity contribution in [1.29, 1.82) is 0 Å². The molecular formula is C27H26ClF2N7O3. The van der Waals surface area contributed by atoms with Gasteiger partial charge in [0.2, 0.25) is 11.9 Å². The molecule has 0 saturated carbocycles. The molecule has 0 aromatic carbocycles. The largest absolute Gasteiger partial charge is 0.485 e. The summed E-state index contributed by atoms with van der Waals surface area (Å²) in [5, 5.41) is 2.49. The SMILES string of the molecule is CNC(=O)C1CN(c2nccc(C3=NC=C(C)[C@H](n4c(C)cc(OCc5ncc(F)cc5F)c(Cl)c4=O)C3)n2)C1. The monoisotopic (exact) mass is 569 g/mol. The molecule has 3 aromatic rings. The van der Waals surface area contributed by atoms with Gasteiger partial charge in [0.1, 0.15) is 28.9 Å². The summed E-state index contributed by atoms with van der Waals surface area (Å²) in [6.07, 6.45) is 4.61. The topological polar surface area (TPSA) is 115 Å². The average Bonchev–Trinajstić information content (AvgIpc) is 2.91. The highest BCUT2D eigenvalue weighted by Crippen LogP contribution is 2.31. The molecule has 1 atom stereocenters. The summed E-state index contributed by atoms with van der Waals surface area (Å²) >= 11 is 6.41. The Hall–Kier alpha value is -4.19. The van der Waals surface area contributed by atoms with Crippen molar-refractivity contribution in [3.8, 4) is 5.75 Å². The van der Waals surface area contributed by atoms with Gasteiger partial charge >= 0.3 is 0 Å². The summed E-state index contributed by atoms with van der Waals surface area (Å²) in [4.78, 5) is 44.4. The van der Waals surface area contributed by atoms with Crippen molar-refractivity contribution in [2.24, 2.45) is 10.9 Å². The van der Waals surface area contributed by atoms with Crippen molar-refractivity contribution in [2.45, 2.75) is 32.9 Å². The van der Waals surface area contributed by atoms with Gasteiger partial charge in [-0.25, -0.2) is 18.7 Å². The number of hydrogen-bond donors (Lipinski definition) is 1. The van der Waals surface area contributed by atoms with E-state index in [4.69, 9.17) is 16.3 Å². The summed E-state index contributed by atoms with van der Waals surface area (Å²) in [5.74, 6) is -1.19. The molecule has 5 rings (SSSR count). The van der Waals surface area contributed by atoms with Gasteiger partial charge in [0, 0.05) is 56.8 Å². The summed E-state index contributed by atoms with van der Waals surface area (Å²) in [6, 6.07) is 3.67. The molecular weight excluding hydrogens is 544 g/mol. The zero-order valence-electron chi connectivity index (χ0n) is 22.0. The molecule has 2 aliphatic rings. The van der Waals surface area contributed by atoms with Gasteiger partial charge in [0.05, 0.1) is 29.6 Å². The van der Waals surface area contributed by atoms with Crippen LogP contribution >= 0.6 is 11.6 Å². The minimum Gasteiger partial charge on any atom is -0.485 e. The van der Waals surface area contributed by atoms with E-state index in [2.05, 4.69) is 25.3 Å². The Bertz CT molecular complexity index is 1600. The van der Waals surface area contributed by atoms with Crippen molar-refractivity contribution in [2.75, 3.05) is 25.0 Å². The standard InChI is InChI=1S/C27H26ClF2N7O3/c1-14-9-33-20(19-4-5-32-27(35-19)36-11-16(12-36)25(38)31-3)8-22(14)37-15(2)6-23(24(28)26(37)39)40-13-21-18(30)7-17(29)10-34-21/h4-7,9-10,16,22H,8,11-13H2,1-3H3,(H,31,38)/t22-/m1/s1. The van der Waals surface area contributed by atoms with E-state index in [-0.39, 0.29) is 40.9 Å². The fraction of sp³-hybridized carbons (Fsp3) is 0.333. The normalized spacial score (nSPS) is 17.1. The fourth-order valence-electron chi connectivity index (χ4n) is 4.68. The Morgan fingerprint density at radius 2 is 2.00 bits per heavy atom. The molecule has 13 heteroatoms. The molecule has 40 heavy (non-hydrogen) atoms. The van der Waals surface area contributed by atoms with E-state index in [1.54, 1.807) is 43.1 Å². The highest BCUT2D eigenvalue weighted by Gasteiger charge is 2.34. The van der Waals surface area contributed by atoms with Crippen molar-refractivity contribution in [3.63, 3.8) is 0 Å². The van der Waals surface area contributed by atoms with Crippen LogP contribution in [0.1, 0.15) is 36.5 Å². The van der Waals surface area contributed by atoms with Crippen LogP contribution < -0.4 is 20.5 Å². The summed E-state index contributed by atoms with van der Waals surface area (Å²) < 4.78 is 34.3. The van der Waals surface area contributed by atoms with Crippen LogP contribution in [0.3, 0.4) is 0 Å². The number of ether oxygens (including phenoxy) is 1. The van der Waals surface area contributed by atoms with Gasteiger partial charge < -0.3 is 19.5 Å². The number of aromatic nitrogens is 4. The quantitative estimate of drug-likeness (QED) is 0.464. The van der Waals surface area contributed by atoms with E-state index in [0.717, 1.165) is 11.8 Å². The molecule has 10 nitrogen and oxygen atoms in total. The number of aryl methyl sites for hydroxylation is 1. The average molecular weight is 570 g/mol. The number of carbonyl (C=O) groups excluding carboxylic acids is 1. The molecule has 3 aromatic heterocycles. The molecule has 1 amide bonds. The van der Waals surface area contributed by atoms with Crippen LogP contribution in [-0.4, -0.2) is 51.3 Å². The number of hydrogen-bond acceptors (Lipinski definition) is 8. The van der Waals surface area contributed by atoms with Crippen LogP contribution in [0.2, 0.25) is 5.02 Å². The van der Waals surface area contributed by atoms with E-state index in [1.807, 2.05) is 11.8 Å². The highest BCUT2D eigenvalue weighted by atomic mass is 35.5. The first-order valence-electron chi connectivity index (χ1n) is 12.5. The second-order valence-corrected chi connectivity index (χ2v) is 10.0. The van der Waals surface area contributed by atoms with E-state index < -0.39 is 17.2 Å². The number of halogens is 3. The van der Waals surface area contributed by atoms with Gasteiger partial charge in [-0.1, -0.05) is 11.6 Å². The van der Waals surface area contributed by atoms with Crippen molar-refractivity contribution < 1.29 is 18.3 Å². The highest BCUT2D eigenvalue weighted by molar-refractivity contribution is 6.31. The first kappa shape index (κ1) is 27.4. The summed E-state index contributed by atoms with van der Waals surface area (Å²) in [6.45, 7) is 4.36. The number of pyridine rings is 2. The number of nitrogens with zero attached hydrogens (tertiary/aromatic N) is 6. The molecule has 1 saturated heterocycles. The van der Waals surface area contributed by atoms with Crippen molar-refractivity contribution in [1.82, 2.24) is 24.8 Å². The summed E-state index contributed by atoms with van der Waals surface area (Å²) in [7, 11) is 1.61. The smallest absolute Gasteiger partial charge is 0.273 e. The molecule has 1 N–H and O–H groups in total. The zero-order valence-corrected chi connectivity index (χ0v) is 22.7. The molecule has 0 spiro atoms. The third kappa shape index (κ3) is 5.31. The molecule has 5 heterocycles. The lowest BCUT2D eigenvalue weighted by atomic mass is 9.97. The molecule has 0 unspecified atom stereocenters. The number of anilines is 1. The van der Waals surface area contributed by atoms with E-state index in [0.29, 0.717) is 48.6 Å². The predicted octanol–water partition coefficient (Wildman–Crippen LogP) is 3.37. The van der Waals surface area contributed by atoms with Gasteiger partial charge in [-0.2, -0.15) is 0 Å². The van der Waals surface area contributed by atoms with Crippen LogP contribution in [-0.2, 0) is 11.4 Å². The van der Waals surface area contributed by atoms with E-state index in [9.17, 15) is 18.4 Å². The lowest BCUT2D eigenvalue weighted by Crippen LogP contribution is -2.53. The predicted molar refractivity (Wildman–Crippen MR) is 145 cm³/mol. The maximum Gasteiger partial charge on any atom is 0.273 e. The Kier molecular flexibility index (Phi) is 7.61. The van der Waals surface area contributed by atoms with Gasteiger partial charge in [-0.3, -0.25) is 19.6 Å². The number of rotatable bonds is 7. The number of allylic oxidation sites excluding steroid dienone is 1. The third-order valence-electron chi connectivity index (χ3n) is 6.96. The summed E-state index contributed by atoms with van der Waals surface area (Å²) in [5.41, 5.74) is 2.11. The van der Waals surface area contributed by atoms with Gasteiger partial charge in [-0.15, -0.1) is 0 Å². The Labute approximate surface area is 233 Å². The lowest BCUT2D eigenvalue weighted by Gasteiger charge is -2.38. The fourth-order valence-corrected chi connectivity index (χ4v) is 4.88. The molecule has 0 aliphatic carbocycles. The molecule has 208 valence electrons. The third-order valence-corrected chi connectivity index (χ3v) is 7.31. The molecule has 0 radical (unpaired) electrons. The maximum absolute atomic E-state index is 14.0. The number of amides is 1. The van der Waals surface area contributed by atoms with Crippen molar-refractivity contribution in [3.05, 3.63) is 86.5 Å². The van der Waals surface area contributed by atoms with Crippen LogP contribution in [0.4, 0.5) is 14.7 Å². The Morgan fingerprint density at radius 1 is 1.23 bits per heavy atom. The lowest BCUT2D eigenvalue weighted by molar-refractivity contribution is -0.125. The molecule has 1 fully saturated rings. The number of carbonyl (C=O) groups is 1.